The van der Waals surface area contributed by atoms with E-state index in [-0.39, 0.29) is 0 Å². The lowest BCUT2D eigenvalue weighted by molar-refractivity contribution is 0.214. The van der Waals surface area contributed by atoms with E-state index in [0.717, 1.165) is 12.8 Å². The van der Waals surface area contributed by atoms with Gasteiger partial charge in [-0.25, -0.2) is 0 Å². The Hall–Kier alpha value is -0.790. The maximum atomic E-state index is 4.45. The first-order valence-electron chi connectivity index (χ1n) is 2.91. The summed E-state index contributed by atoms with van der Waals surface area (Å²) in [5.74, 6) is 0. The molecule has 0 aliphatic rings. The Morgan fingerprint density at radius 3 is 2.89 bits per heavy atom. The van der Waals surface area contributed by atoms with Crippen LogP contribution in [0.2, 0.25) is 0 Å². The molecule has 0 saturated carbocycles. The number of hydrogen-bond donors (Lipinski definition) is 0. The molecule has 1 radical (unpaired) electrons. The Kier molecular flexibility index (Phi) is 6.58. The fourth-order valence-electron chi connectivity index (χ4n) is 0.416. The van der Waals surface area contributed by atoms with Crippen LogP contribution in [-0.4, -0.2) is 13.3 Å². The van der Waals surface area contributed by atoms with Crippen molar-refractivity contribution in [2.75, 3.05) is 7.11 Å². The van der Waals surface area contributed by atoms with Gasteiger partial charge in [-0.1, -0.05) is 17.3 Å². The van der Waals surface area contributed by atoms with Crippen molar-refractivity contribution < 1.29 is 4.84 Å². The third-order valence-corrected chi connectivity index (χ3v) is 0.809. The van der Waals surface area contributed by atoms with Gasteiger partial charge in [-0.2, -0.15) is 0 Å². The van der Waals surface area contributed by atoms with E-state index in [1.807, 2.05) is 6.08 Å². The van der Waals surface area contributed by atoms with Gasteiger partial charge >= 0.3 is 0 Å². The summed E-state index contributed by atoms with van der Waals surface area (Å²) >= 11 is 0. The smallest absolute Gasteiger partial charge is 0.106 e. The van der Waals surface area contributed by atoms with E-state index in [2.05, 4.69) is 16.9 Å². The Balaban J connectivity index is 2.99. The summed E-state index contributed by atoms with van der Waals surface area (Å²) in [5.41, 5.74) is 0. The molecule has 0 aromatic heterocycles. The number of oxime groups is 1. The predicted molar refractivity (Wildman–Crippen MR) is 39.2 cm³/mol. The number of hydrogen-bond acceptors (Lipinski definition) is 2. The van der Waals surface area contributed by atoms with Gasteiger partial charge in [0.1, 0.15) is 7.11 Å². The Bertz CT molecular complexity index is 97.1. The summed E-state index contributed by atoms with van der Waals surface area (Å²) in [6.07, 6.45) is 7.40. The molecule has 0 spiro atoms. The first kappa shape index (κ1) is 8.21. The van der Waals surface area contributed by atoms with Crippen molar-refractivity contribution in [2.45, 2.75) is 12.8 Å². The summed E-state index contributed by atoms with van der Waals surface area (Å²) < 4.78 is 0. The highest BCUT2D eigenvalue weighted by Gasteiger charge is 1.73. The van der Waals surface area contributed by atoms with Crippen LogP contribution >= 0.6 is 0 Å². The molecule has 2 heteroatoms. The third-order valence-electron chi connectivity index (χ3n) is 0.809. The van der Waals surface area contributed by atoms with Crippen LogP contribution in [0.1, 0.15) is 12.8 Å². The van der Waals surface area contributed by atoms with Gasteiger partial charge < -0.3 is 4.84 Å². The largest absolute Gasteiger partial charge is 0.399 e. The van der Waals surface area contributed by atoms with Crippen LogP contribution < -0.4 is 0 Å². The van der Waals surface area contributed by atoms with Crippen LogP contribution in [0.25, 0.3) is 0 Å². The van der Waals surface area contributed by atoms with Gasteiger partial charge in [0.05, 0.1) is 0 Å². The van der Waals surface area contributed by atoms with E-state index < -0.39 is 0 Å². The van der Waals surface area contributed by atoms with Crippen molar-refractivity contribution in [1.29, 1.82) is 0 Å². The average Bonchev–Trinajstić information content (AvgIpc) is 1.89. The number of allylic oxidation sites excluding steroid dienone is 2. The van der Waals surface area contributed by atoms with E-state index in [4.69, 9.17) is 0 Å². The minimum atomic E-state index is 0.917. The van der Waals surface area contributed by atoms with Crippen molar-refractivity contribution in [2.24, 2.45) is 5.16 Å². The Morgan fingerprint density at radius 2 is 2.33 bits per heavy atom. The lowest BCUT2D eigenvalue weighted by Gasteiger charge is -1.84. The molecule has 0 unspecified atom stereocenters. The first-order valence-corrected chi connectivity index (χ1v) is 2.91. The summed E-state index contributed by atoms with van der Waals surface area (Å²) in [6.45, 7) is 3.55. The average molecular weight is 126 g/mol. The van der Waals surface area contributed by atoms with E-state index >= 15 is 0 Å². The molecule has 9 heavy (non-hydrogen) atoms. The van der Waals surface area contributed by atoms with Crippen LogP contribution in [0.5, 0.6) is 0 Å². The molecule has 0 aromatic rings. The molecule has 0 aliphatic heterocycles. The molecule has 0 fully saturated rings. The van der Waals surface area contributed by atoms with Crippen molar-refractivity contribution >= 4 is 6.21 Å². The van der Waals surface area contributed by atoms with Crippen molar-refractivity contribution in [3.05, 3.63) is 19.1 Å². The van der Waals surface area contributed by atoms with Crippen molar-refractivity contribution in [3.63, 3.8) is 0 Å². The van der Waals surface area contributed by atoms with Crippen LogP contribution in [0.4, 0.5) is 0 Å². The zero-order chi connectivity index (χ0) is 6.95. The van der Waals surface area contributed by atoms with E-state index in [9.17, 15) is 0 Å². The molecule has 0 rings (SSSR count). The predicted octanol–water partition coefficient (Wildman–Crippen LogP) is 1.79. The van der Waals surface area contributed by atoms with Crippen LogP contribution in [0.3, 0.4) is 0 Å². The molecule has 51 valence electrons. The molecule has 0 aromatic carbocycles. The molecule has 0 atom stereocenters. The van der Waals surface area contributed by atoms with Gasteiger partial charge in [0.2, 0.25) is 0 Å². The summed E-state index contributed by atoms with van der Waals surface area (Å²) in [5, 5.41) is 3.56. The van der Waals surface area contributed by atoms with Gasteiger partial charge in [0.15, 0.2) is 0 Å². The molecule has 0 N–H and O–H groups in total. The molecule has 0 aliphatic carbocycles. The molecule has 0 bridgehead atoms. The topological polar surface area (TPSA) is 21.6 Å². The maximum absolute atomic E-state index is 4.45. The summed E-state index contributed by atoms with van der Waals surface area (Å²) in [4.78, 5) is 4.45. The highest BCUT2D eigenvalue weighted by atomic mass is 16.6. The molecule has 0 saturated heterocycles. The first-order chi connectivity index (χ1) is 4.41. The van der Waals surface area contributed by atoms with Gasteiger partial charge in [0, 0.05) is 6.21 Å². The van der Waals surface area contributed by atoms with Crippen LogP contribution in [0, 0.1) is 6.92 Å². The van der Waals surface area contributed by atoms with E-state index in [1.165, 1.54) is 7.11 Å². The lowest BCUT2D eigenvalue weighted by atomic mass is 10.3. The van der Waals surface area contributed by atoms with E-state index in [0.29, 0.717) is 0 Å². The second-order valence-electron chi connectivity index (χ2n) is 1.52. The van der Waals surface area contributed by atoms with Crippen molar-refractivity contribution in [1.82, 2.24) is 0 Å². The maximum Gasteiger partial charge on any atom is 0.106 e. The Morgan fingerprint density at radius 1 is 1.56 bits per heavy atom. The standard InChI is InChI=1S/C7H12NO/c1-3-4-5-6-7-8-9-2/h3-4,7H,1,5-6H2,2H3/b4-3+,8-7-. The second-order valence-corrected chi connectivity index (χ2v) is 1.52. The normalized spacial score (nSPS) is 11.3. The highest BCUT2D eigenvalue weighted by molar-refractivity contribution is 5.56. The lowest BCUT2D eigenvalue weighted by Crippen LogP contribution is -1.74. The Labute approximate surface area is 56.2 Å². The fourth-order valence-corrected chi connectivity index (χ4v) is 0.416. The minimum absolute atomic E-state index is 0.917. The SMILES string of the molecule is [CH2]/C=C/CC/C=N\OC. The minimum Gasteiger partial charge on any atom is -0.399 e. The van der Waals surface area contributed by atoms with Gasteiger partial charge in [-0.3, -0.25) is 0 Å². The number of unbranched alkanes of at least 4 members (excludes halogenated alkanes) is 1. The summed E-state index contributed by atoms with van der Waals surface area (Å²) in [7, 11) is 1.54. The zero-order valence-electron chi connectivity index (χ0n) is 5.71. The third kappa shape index (κ3) is 7.21. The molecule has 0 amide bonds. The van der Waals surface area contributed by atoms with Crippen LogP contribution in [0.15, 0.2) is 17.3 Å². The molecule has 0 heterocycles. The van der Waals surface area contributed by atoms with Gasteiger partial charge in [0.25, 0.3) is 0 Å². The number of rotatable bonds is 4. The number of nitrogens with zero attached hydrogens (tertiary/aromatic N) is 1. The van der Waals surface area contributed by atoms with Gasteiger partial charge in [-0.05, 0) is 19.8 Å². The van der Waals surface area contributed by atoms with Crippen LogP contribution in [-0.2, 0) is 4.84 Å². The zero-order valence-corrected chi connectivity index (χ0v) is 5.71. The summed E-state index contributed by atoms with van der Waals surface area (Å²) in [6, 6.07) is 0. The molecule has 2 nitrogen and oxygen atoms in total. The fraction of sp³-hybridized carbons (Fsp3) is 0.429. The molecular formula is C7H12NO. The quantitative estimate of drug-likeness (QED) is 0.319. The van der Waals surface area contributed by atoms with Crippen molar-refractivity contribution in [3.8, 4) is 0 Å². The highest BCUT2D eigenvalue weighted by Crippen LogP contribution is 1.86. The second kappa shape index (κ2) is 7.21. The van der Waals surface area contributed by atoms with Gasteiger partial charge in [-0.15, -0.1) is 0 Å². The molecular weight excluding hydrogens is 114 g/mol. The van der Waals surface area contributed by atoms with E-state index in [1.54, 1.807) is 12.3 Å². The monoisotopic (exact) mass is 126 g/mol.